The number of aromatic amines is 1. The van der Waals surface area contributed by atoms with E-state index in [1.807, 2.05) is 0 Å². The van der Waals surface area contributed by atoms with Crippen LogP contribution < -0.4 is 10.5 Å². The molecule has 1 aromatic rings. The second kappa shape index (κ2) is 4.69. The molecular formula is C10H17N5O2S. The van der Waals surface area contributed by atoms with Crippen molar-refractivity contribution in [1.82, 2.24) is 14.9 Å². The van der Waals surface area contributed by atoms with Crippen LogP contribution in [-0.2, 0) is 10.0 Å². The fraction of sp³-hybridized carbons (Fsp3) is 0.600. The fourth-order valence-electron chi connectivity index (χ4n) is 2.28. The molecule has 1 fully saturated rings. The highest BCUT2D eigenvalue weighted by Gasteiger charge is 2.39. The van der Waals surface area contributed by atoms with Gasteiger partial charge in [0.2, 0.25) is 10.0 Å². The molecule has 18 heavy (non-hydrogen) atoms. The van der Waals surface area contributed by atoms with Crippen LogP contribution in [0.2, 0.25) is 0 Å². The number of hydrogen-bond acceptors (Lipinski definition) is 4. The van der Waals surface area contributed by atoms with E-state index in [1.165, 1.54) is 12.4 Å². The maximum atomic E-state index is 12.1. The van der Waals surface area contributed by atoms with E-state index in [2.05, 4.69) is 14.9 Å². The topological polar surface area (TPSA) is 125 Å². The highest BCUT2D eigenvalue weighted by molar-refractivity contribution is 7.89. The zero-order chi connectivity index (χ0) is 13.2. The first-order valence-electron chi connectivity index (χ1n) is 5.84. The Morgan fingerprint density at radius 2 is 2.11 bits per heavy atom. The van der Waals surface area contributed by atoms with Crippen LogP contribution >= 0.6 is 0 Å². The van der Waals surface area contributed by atoms with E-state index in [0.717, 1.165) is 19.3 Å². The monoisotopic (exact) mass is 271 g/mol. The average Bonchev–Trinajstić information content (AvgIpc) is 2.83. The second-order valence-electron chi connectivity index (χ2n) is 4.60. The molecule has 2 rings (SSSR count). The Hall–Kier alpha value is -1.41. The third kappa shape index (κ3) is 2.39. The summed E-state index contributed by atoms with van der Waals surface area (Å²) in [5.74, 6) is -0.116. The standard InChI is InChI=1S/C10H17N5O2S/c11-9(12)10(4-2-1-3-5-10)15-18(16,17)8-6-13-14-7-8/h6-7,15H,1-5H2,(H3,11,12)(H,13,14). The minimum absolute atomic E-state index is 0.0636. The smallest absolute Gasteiger partial charge is 0.244 e. The molecule has 0 radical (unpaired) electrons. The fourth-order valence-corrected chi connectivity index (χ4v) is 3.63. The van der Waals surface area contributed by atoms with Gasteiger partial charge in [0.15, 0.2) is 0 Å². The molecular weight excluding hydrogens is 254 g/mol. The van der Waals surface area contributed by atoms with Crippen molar-refractivity contribution >= 4 is 15.9 Å². The van der Waals surface area contributed by atoms with Crippen LogP contribution in [0, 0.1) is 5.41 Å². The third-order valence-electron chi connectivity index (χ3n) is 3.34. The summed E-state index contributed by atoms with van der Waals surface area (Å²) in [5.41, 5.74) is 4.66. The van der Waals surface area contributed by atoms with Gasteiger partial charge in [-0.05, 0) is 12.8 Å². The number of rotatable bonds is 4. The van der Waals surface area contributed by atoms with Gasteiger partial charge in [-0.2, -0.15) is 9.82 Å². The van der Waals surface area contributed by atoms with E-state index in [1.54, 1.807) is 0 Å². The largest absolute Gasteiger partial charge is 0.386 e. The summed E-state index contributed by atoms with van der Waals surface area (Å²) >= 11 is 0. The molecule has 1 aromatic heterocycles. The minimum Gasteiger partial charge on any atom is -0.386 e. The molecule has 0 aliphatic heterocycles. The van der Waals surface area contributed by atoms with Gasteiger partial charge in [0.25, 0.3) is 0 Å². The number of amidine groups is 1. The first kappa shape index (κ1) is 13.0. The number of nitrogens with zero attached hydrogens (tertiary/aromatic N) is 1. The van der Waals surface area contributed by atoms with Gasteiger partial charge in [0.1, 0.15) is 10.7 Å². The van der Waals surface area contributed by atoms with Crippen LogP contribution in [-0.4, -0.2) is 30.0 Å². The van der Waals surface area contributed by atoms with Crippen molar-refractivity contribution < 1.29 is 8.42 Å². The van der Waals surface area contributed by atoms with Crippen LogP contribution in [0.3, 0.4) is 0 Å². The van der Waals surface area contributed by atoms with Gasteiger partial charge in [-0.25, -0.2) is 8.42 Å². The van der Waals surface area contributed by atoms with Crippen LogP contribution in [0.15, 0.2) is 17.3 Å². The van der Waals surface area contributed by atoms with E-state index in [9.17, 15) is 8.42 Å². The van der Waals surface area contributed by atoms with Gasteiger partial charge in [0, 0.05) is 6.20 Å². The van der Waals surface area contributed by atoms with Crippen LogP contribution in [0.1, 0.15) is 32.1 Å². The van der Waals surface area contributed by atoms with Gasteiger partial charge in [-0.1, -0.05) is 19.3 Å². The number of hydrogen-bond donors (Lipinski definition) is 4. The molecule has 0 unspecified atom stereocenters. The van der Waals surface area contributed by atoms with Gasteiger partial charge in [-0.15, -0.1) is 0 Å². The van der Waals surface area contributed by atoms with E-state index >= 15 is 0 Å². The van der Waals surface area contributed by atoms with E-state index in [4.69, 9.17) is 11.1 Å². The average molecular weight is 271 g/mol. The van der Waals surface area contributed by atoms with Crippen molar-refractivity contribution in [3.05, 3.63) is 12.4 Å². The molecule has 0 bridgehead atoms. The molecule has 1 heterocycles. The van der Waals surface area contributed by atoms with Crippen LogP contribution in [0.4, 0.5) is 0 Å². The summed E-state index contributed by atoms with van der Waals surface area (Å²) in [6, 6.07) is 0. The van der Waals surface area contributed by atoms with Gasteiger partial charge in [0.05, 0.1) is 11.7 Å². The maximum Gasteiger partial charge on any atom is 0.244 e. The van der Waals surface area contributed by atoms with Crippen LogP contribution in [0.5, 0.6) is 0 Å². The molecule has 0 spiro atoms. The Bertz CT molecular complexity index is 516. The van der Waals surface area contributed by atoms with E-state index in [0.29, 0.717) is 12.8 Å². The van der Waals surface area contributed by atoms with Gasteiger partial charge >= 0.3 is 0 Å². The van der Waals surface area contributed by atoms with E-state index < -0.39 is 15.6 Å². The zero-order valence-corrected chi connectivity index (χ0v) is 10.8. The quantitative estimate of drug-likeness (QED) is 0.465. The Labute approximate surface area is 106 Å². The van der Waals surface area contributed by atoms with Crippen molar-refractivity contribution in [3.63, 3.8) is 0 Å². The lowest BCUT2D eigenvalue weighted by molar-refractivity contribution is 0.348. The summed E-state index contributed by atoms with van der Waals surface area (Å²) in [6.45, 7) is 0. The third-order valence-corrected chi connectivity index (χ3v) is 4.84. The number of aromatic nitrogens is 2. The van der Waals surface area contributed by atoms with Crippen molar-refractivity contribution in [2.24, 2.45) is 5.73 Å². The summed E-state index contributed by atoms with van der Waals surface area (Å²) in [5, 5.41) is 13.8. The first-order chi connectivity index (χ1) is 8.46. The molecule has 0 aromatic carbocycles. The molecule has 100 valence electrons. The molecule has 1 aliphatic rings. The Kier molecular flexibility index (Phi) is 3.40. The molecule has 5 N–H and O–H groups in total. The maximum absolute atomic E-state index is 12.1. The Morgan fingerprint density at radius 1 is 1.44 bits per heavy atom. The summed E-state index contributed by atoms with van der Waals surface area (Å²) in [7, 11) is -3.68. The second-order valence-corrected chi connectivity index (χ2v) is 6.28. The van der Waals surface area contributed by atoms with Crippen LogP contribution in [0.25, 0.3) is 0 Å². The lowest BCUT2D eigenvalue weighted by atomic mass is 9.82. The predicted molar refractivity (Wildman–Crippen MR) is 66.6 cm³/mol. The Balaban J connectivity index is 2.27. The predicted octanol–water partition coefficient (Wildman–Crippen LogP) is 0.327. The lowest BCUT2D eigenvalue weighted by Crippen LogP contribution is -2.57. The first-order valence-corrected chi connectivity index (χ1v) is 7.32. The van der Waals surface area contributed by atoms with Gasteiger partial charge in [-0.3, -0.25) is 10.5 Å². The minimum atomic E-state index is -3.68. The van der Waals surface area contributed by atoms with Crippen molar-refractivity contribution in [2.75, 3.05) is 0 Å². The summed E-state index contributed by atoms with van der Waals surface area (Å²) in [4.78, 5) is 0.0636. The number of sulfonamides is 1. The van der Waals surface area contributed by atoms with Crippen molar-refractivity contribution in [3.8, 4) is 0 Å². The number of nitrogens with one attached hydrogen (secondary N) is 3. The highest BCUT2D eigenvalue weighted by Crippen LogP contribution is 2.29. The molecule has 0 amide bonds. The molecule has 8 heteroatoms. The number of nitrogens with two attached hydrogens (primary N) is 1. The van der Waals surface area contributed by atoms with Crippen molar-refractivity contribution in [2.45, 2.75) is 42.5 Å². The van der Waals surface area contributed by atoms with Gasteiger partial charge < -0.3 is 5.73 Å². The summed E-state index contributed by atoms with van der Waals surface area (Å²) < 4.78 is 26.9. The molecule has 0 saturated heterocycles. The molecule has 7 nitrogen and oxygen atoms in total. The molecule has 0 atom stereocenters. The molecule has 1 aliphatic carbocycles. The molecule has 1 saturated carbocycles. The van der Waals surface area contributed by atoms with E-state index in [-0.39, 0.29) is 10.7 Å². The lowest BCUT2D eigenvalue weighted by Gasteiger charge is -2.36. The summed E-state index contributed by atoms with van der Waals surface area (Å²) in [6.07, 6.45) is 6.46. The zero-order valence-electron chi connectivity index (χ0n) is 9.94. The normalized spacial score (nSPS) is 19.6. The number of H-pyrrole nitrogens is 1. The highest BCUT2D eigenvalue weighted by atomic mass is 32.2. The van der Waals surface area contributed by atoms with Crippen molar-refractivity contribution in [1.29, 1.82) is 5.41 Å². The Morgan fingerprint density at radius 3 is 2.61 bits per heavy atom. The SMILES string of the molecule is N=C(N)C1(NS(=O)(=O)c2cn[nH]c2)CCCCC1.